The second-order valence-electron chi connectivity index (χ2n) is 4.85. The highest BCUT2D eigenvalue weighted by Crippen LogP contribution is 2.29. The van der Waals surface area contributed by atoms with Crippen molar-refractivity contribution in [3.63, 3.8) is 0 Å². The molecule has 0 spiro atoms. The van der Waals surface area contributed by atoms with Crippen LogP contribution >= 0.6 is 0 Å². The lowest BCUT2D eigenvalue weighted by atomic mass is 10.1. The number of pyridine rings is 1. The molecule has 1 aliphatic heterocycles. The average molecular weight is 267 g/mol. The molecule has 0 aliphatic carbocycles. The predicted molar refractivity (Wildman–Crippen MR) is 79.6 cm³/mol. The van der Waals surface area contributed by atoms with Crippen LogP contribution in [0.15, 0.2) is 48.7 Å². The Balaban J connectivity index is 1.96. The number of hydrogen-bond acceptors (Lipinski definition) is 3. The highest BCUT2D eigenvalue weighted by Gasteiger charge is 2.20. The number of aromatic nitrogens is 1. The standard InChI is InChI=1S/C16H17N3O/c20-16-9-5-11-18-14-7-1-2-8-15(14)19(16)12-13-6-3-4-10-17-13/h1-4,6-8,10,18H,5,9,11-12H2. The van der Waals surface area contributed by atoms with Gasteiger partial charge in [0.25, 0.3) is 0 Å². The van der Waals surface area contributed by atoms with Crippen molar-refractivity contribution >= 4 is 17.3 Å². The second kappa shape index (κ2) is 5.74. The van der Waals surface area contributed by atoms with Gasteiger partial charge in [0, 0.05) is 19.2 Å². The number of rotatable bonds is 2. The molecule has 2 heterocycles. The summed E-state index contributed by atoms with van der Waals surface area (Å²) in [6.45, 7) is 1.35. The lowest BCUT2D eigenvalue weighted by Crippen LogP contribution is -2.33. The number of fused-ring (bicyclic) bond motifs is 1. The number of amides is 1. The molecule has 0 radical (unpaired) electrons. The van der Waals surface area contributed by atoms with E-state index in [0.717, 1.165) is 30.0 Å². The van der Waals surface area contributed by atoms with E-state index in [0.29, 0.717) is 13.0 Å². The number of nitrogens with zero attached hydrogens (tertiary/aromatic N) is 2. The molecule has 1 aromatic heterocycles. The fourth-order valence-corrected chi connectivity index (χ4v) is 2.42. The zero-order valence-electron chi connectivity index (χ0n) is 11.2. The number of carbonyl (C=O) groups excluding carboxylic acids is 1. The molecular weight excluding hydrogens is 250 g/mol. The largest absolute Gasteiger partial charge is 0.383 e. The molecular formula is C16H17N3O. The lowest BCUT2D eigenvalue weighted by Gasteiger charge is -2.27. The van der Waals surface area contributed by atoms with Gasteiger partial charge < -0.3 is 10.2 Å². The summed E-state index contributed by atoms with van der Waals surface area (Å²) < 4.78 is 0. The quantitative estimate of drug-likeness (QED) is 0.910. The van der Waals surface area contributed by atoms with Crippen molar-refractivity contribution < 1.29 is 4.79 Å². The zero-order chi connectivity index (χ0) is 13.8. The van der Waals surface area contributed by atoms with Crippen molar-refractivity contribution in [2.24, 2.45) is 0 Å². The molecule has 3 rings (SSSR count). The molecule has 1 N–H and O–H groups in total. The van der Waals surface area contributed by atoms with E-state index in [4.69, 9.17) is 0 Å². The number of para-hydroxylation sites is 2. The number of anilines is 2. The van der Waals surface area contributed by atoms with Crippen LogP contribution in [0.1, 0.15) is 18.5 Å². The summed E-state index contributed by atoms with van der Waals surface area (Å²) in [6, 6.07) is 13.7. The molecule has 0 unspecified atom stereocenters. The first kappa shape index (κ1) is 12.7. The van der Waals surface area contributed by atoms with Gasteiger partial charge in [-0.1, -0.05) is 18.2 Å². The summed E-state index contributed by atoms with van der Waals surface area (Å²) in [7, 11) is 0. The molecule has 0 atom stereocenters. The molecule has 0 fully saturated rings. The van der Waals surface area contributed by atoms with Gasteiger partial charge in [-0.15, -0.1) is 0 Å². The maximum Gasteiger partial charge on any atom is 0.227 e. The lowest BCUT2D eigenvalue weighted by molar-refractivity contribution is -0.118. The number of benzene rings is 1. The van der Waals surface area contributed by atoms with Gasteiger partial charge in [-0.2, -0.15) is 0 Å². The van der Waals surface area contributed by atoms with Gasteiger partial charge in [-0.25, -0.2) is 0 Å². The van der Waals surface area contributed by atoms with Gasteiger partial charge in [-0.05, 0) is 30.7 Å². The van der Waals surface area contributed by atoms with Crippen LogP contribution < -0.4 is 10.2 Å². The smallest absolute Gasteiger partial charge is 0.227 e. The first-order chi connectivity index (χ1) is 9.84. The van der Waals surface area contributed by atoms with Crippen LogP contribution in [-0.2, 0) is 11.3 Å². The summed E-state index contributed by atoms with van der Waals surface area (Å²) >= 11 is 0. The van der Waals surface area contributed by atoms with Crippen LogP contribution in [0.5, 0.6) is 0 Å². The molecule has 1 aromatic carbocycles. The number of carbonyl (C=O) groups is 1. The maximum absolute atomic E-state index is 12.4. The molecule has 4 nitrogen and oxygen atoms in total. The summed E-state index contributed by atoms with van der Waals surface area (Å²) in [4.78, 5) is 18.5. The third kappa shape index (κ3) is 2.64. The van der Waals surface area contributed by atoms with Gasteiger partial charge in [0.15, 0.2) is 0 Å². The van der Waals surface area contributed by atoms with E-state index >= 15 is 0 Å². The summed E-state index contributed by atoms with van der Waals surface area (Å²) in [5.74, 6) is 0.157. The van der Waals surface area contributed by atoms with Crippen molar-refractivity contribution in [3.05, 3.63) is 54.4 Å². The van der Waals surface area contributed by atoms with Crippen molar-refractivity contribution in [1.82, 2.24) is 4.98 Å². The van der Waals surface area contributed by atoms with Crippen LogP contribution in [0.3, 0.4) is 0 Å². The van der Waals surface area contributed by atoms with Crippen LogP contribution in [0.2, 0.25) is 0 Å². The molecule has 4 heteroatoms. The minimum absolute atomic E-state index is 0.157. The van der Waals surface area contributed by atoms with E-state index in [-0.39, 0.29) is 5.91 Å². The van der Waals surface area contributed by atoms with E-state index in [1.54, 1.807) is 6.20 Å². The van der Waals surface area contributed by atoms with Gasteiger partial charge in [-0.3, -0.25) is 9.78 Å². The molecule has 1 amide bonds. The Hall–Kier alpha value is -2.36. The molecule has 1 aliphatic rings. The SMILES string of the molecule is O=C1CCCNc2ccccc2N1Cc1ccccn1. The topological polar surface area (TPSA) is 45.2 Å². The van der Waals surface area contributed by atoms with Crippen molar-refractivity contribution in [1.29, 1.82) is 0 Å². The Morgan fingerprint density at radius 3 is 2.85 bits per heavy atom. The van der Waals surface area contributed by atoms with Crippen LogP contribution in [0.4, 0.5) is 11.4 Å². The van der Waals surface area contributed by atoms with E-state index in [1.165, 1.54) is 0 Å². The zero-order valence-corrected chi connectivity index (χ0v) is 11.2. The summed E-state index contributed by atoms with van der Waals surface area (Å²) in [5, 5.41) is 3.39. The van der Waals surface area contributed by atoms with E-state index in [1.807, 2.05) is 47.4 Å². The molecule has 20 heavy (non-hydrogen) atoms. The molecule has 102 valence electrons. The third-order valence-corrected chi connectivity index (χ3v) is 3.43. The Bertz CT molecular complexity index is 598. The van der Waals surface area contributed by atoms with Crippen LogP contribution in [0.25, 0.3) is 0 Å². The second-order valence-corrected chi connectivity index (χ2v) is 4.85. The van der Waals surface area contributed by atoms with Crippen molar-refractivity contribution in [3.8, 4) is 0 Å². The molecule has 0 saturated carbocycles. The number of nitrogens with one attached hydrogen (secondary N) is 1. The normalized spacial score (nSPS) is 15.0. The van der Waals surface area contributed by atoms with Crippen LogP contribution in [-0.4, -0.2) is 17.4 Å². The fourth-order valence-electron chi connectivity index (χ4n) is 2.42. The highest BCUT2D eigenvalue weighted by atomic mass is 16.2. The van der Waals surface area contributed by atoms with Crippen molar-refractivity contribution in [2.75, 3.05) is 16.8 Å². The van der Waals surface area contributed by atoms with Crippen molar-refractivity contribution in [2.45, 2.75) is 19.4 Å². The highest BCUT2D eigenvalue weighted by molar-refractivity contribution is 5.97. The molecule has 0 saturated heterocycles. The Labute approximate surface area is 118 Å². The monoisotopic (exact) mass is 267 g/mol. The first-order valence-electron chi connectivity index (χ1n) is 6.88. The summed E-state index contributed by atoms with van der Waals surface area (Å²) in [6.07, 6.45) is 3.17. The minimum Gasteiger partial charge on any atom is -0.383 e. The average Bonchev–Trinajstić information content (AvgIpc) is 2.49. The van der Waals surface area contributed by atoms with Gasteiger partial charge >= 0.3 is 0 Å². The van der Waals surface area contributed by atoms with E-state index in [9.17, 15) is 4.79 Å². The summed E-state index contributed by atoms with van der Waals surface area (Å²) in [5.41, 5.74) is 2.84. The van der Waals surface area contributed by atoms with Gasteiger partial charge in [0.05, 0.1) is 23.6 Å². The maximum atomic E-state index is 12.4. The van der Waals surface area contributed by atoms with Crippen LogP contribution in [0, 0.1) is 0 Å². The Kier molecular flexibility index (Phi) is 3.63. The predicted octanol–water partition coefficient (Wildman–Crippen LogP) is 2.82. The Morgan fingerprint density at radius 1 is 1.15 bits per heavy atom. The van der Waals surface area contributed by atoms with Gasteiger partial charge in [0.2, 0.25) is 5.91 Å². The van der Waals surface area contributed by atoms with E-state index < -0.39 is 0 Å². The minimum atomic E-state index is 0.157. The van der Waals surface area contributed by atoms with E-state index in [2.05, 4.69) is 10.3 Å². The fraction of sp³-hybridized carbons (Fsp3) is 0.250. The molecule has 0 bridgehead atoms. The first-order valence-corrected chi connectivity index (χ1v) is 6.88. The number of hydrogen-bond donors (Lipinski definition) is 1. The van der Waals surface area contributed by atoms with Gasteiger partial charge in [0.1, 0.15) is 0 Å². The third-order valence-electron chi connectivity index (χ3n) is 3.43. The molecule has 2 aromatic rings. The Morgan fingerprint density at radius 2 is 2.00 bits per heavy atom.